The van der Waals surface area contributed by atoms with Crippen molar-refractivity contribution in [1.29, 1.82) is 0 Å². The summed E-state index contributed by atoms with van der Waals surface area (Å²) in [5, 5.41) is 19.3. The van der Waals surface area contributed by atoms with Gasteiger partial charge in [-0.3, -0.25) is 25.0 Å². The number of hydrogen-bond acceptors (Lipinski definition) is 5. The number of carbonyl (C=O) groups is 1. The van der Waals surface area contributed by atoms with Crippen LogP contribution in [-0.4, -0.2) is 34.0 Å². The SMILES string of the molecule is O=C(/C=C/c1ccc(C2CCCN2CCc2ccc([N+](=O)[O-])cc2)cc1)NO. The largest absolute Gasteiger partial charge is 0.296 e. The van der Waals surface area contributed by atoms with Crippen LogP contribution in [0.2, 0.25) is 0 Å². The summed E-state index contributed by atoms with van der Waals surface area (Å²) in [5.41, 5.74) is 4.91. The molecule has 1 aliphatic heterocycles. The minimum Gasteiger partial charge on any atom is -0.296 e. The fourth-order valence-corrected chi connectivity index (χ4v) is 3.57. The number of nitrogens with one attached hydrogen (secondary N) is 1. The summed E-state index contributed by atoms with van der Waals surface area (Å²) in [7, 11) is 0. The molecule has 0 aliphatic carbocycles. The van der Waals surface area contributed by atoms with Crippen LogP contribution in [0, 0.1) is 10.1 Å². The van der Waals surface area contributed by atoms with E-state index in [4.69, 9.17) is 5.21 Å². The minimum atomic E-state index is -0.558. The van der Waals surface area contributed by atoms with Crippen LogP contribution in [0.5, 0.6) is 0 Å². The molecule has 2 aromatic rings. The van der Waals surface area contributed by atoms with Crippen molar-refractivity contribution in [3.05, 3.63) is 81.4 Å². The Morgan fingerprint density at radius 1 is 1.21 bits per heavy atom. The van der Waals surface area contributed by atoms with Crippen LogP contribution in [0.3, 0.4) is 0 Å². The van der Waals surface area contributed by atoms with E-state index in [0.717, 1.165) is 43.5 Å². The first-order chi connectivity index (χ1) is 13.6. The molecule has 2 aromatic carbocycles. The standard InChI is InChI=1S/C21H23N3O4/c25-21(22-26)12-7-16-3-8-18(9-4-16)20-2-1-14-23(20)15-13-17-5-10-19(11-6-17)24(27)28/h3-12,20,26H,1-2,13-15H2,(H,22,25)/b12-7+. The van der Waals surface area contributed by atoms with Crippen LogP contribution in [-0.2, 0) is 11.2 Å². The Kier molecular flexibility index (Phi) is 6.52. The van der Waals surface area contributed by atoms with E-state index in [1.54, 1.807) is 23.7 Å². The average molecular weight is 381 g/mol. The second kappa shape index (κ2) is 9.25. The lowest BCUT2D eigenvalue weighted by Gasteiger charge is -2.25. The molecule has 1 atom stereocenters. The Morgan fingerprint density at radius 3 is 2.57 bits per heavy atom. The molecule has 7 heteroatoms. The maximum absolute atomic E-state index is 11.1. The zero-order chi connectivity index (χ0) is 19.9. The third kappa shape index (κ3) is 5.03. The molecule has 146 valence electrons. The van der Waals surface area contributed by atoms with Crippen LogP contribution >= 0.6 is 0 Å². The van der Waals surface area contributed by atoms with E-state index in [9.17, 15) is 14.9 Å². The molecule has 3 rings (SSSR count). The lowest BCUT2D eigenvalue weighted by molar-refractivity contribution is -0.384. The maximum Gasteiger partial charge on any atom is 0.269 e. The second-order valence-corrected chi connectivity index (χ2v) is 6.84. The number of hydrogen-bond donors (Lipinski definition) is 2. The van der Waals surface area contributed by atoms with Crippen molar-refractivity contribution in [2.45, 2.75) is 25.3 Å². The number of rotatable bonds is 7. The predicted octanol–water partition coefficient (Wildman–Crippen LogP) is 3.49. The summed E-state index contributed by atoms with van der Waals surface area (Å²) in [6.07, 6.45) is 6.02. The average Bonchev–Trinajstić information content (AvgIpc) is 3.19. The minimum absolute atomic E-state index is 0.119. The molecule has 28 heavy (non-hydrogen) atoms. The Bertz CT molecular complexity index is 847. The Labute approximate surface area is 163 Å². The van der Waals surface area contributed by atoms with E-state index in [1.807, 2.05) is 24.3 Å². The van der Waals surface area contributed by atoms with E-state index in [-0.39, 0.29) is 10.6 Å². The van der Waals surface area contributed by atoms with Gasteiger partial charge in [-0.1, -0.05) is 36.4 Å². The number of carbonyl (C=O) groups excluding carboxylic acids is 1. The lowest BCUT2D eigenvalue weighted by Crippen LogP contribution is -2.25. The molecule has 1 amide bonds. The third-order valence-electron chi connectivity index (χ3n) is 5.06. The van der Waals surface area contributed by atoms with Gasteiger partial charge in [0, 0.05) is 30.8 Å². The molecule has 1 fully saturated rings. The van der Waals surface area contributed by atoms with Gasteiger partial charge in [0.05, 0.1) is 4.92 Å². The van der Waals surface area contributed by atoms with Gasteiger partial charge < -0.3 is 0 Å². The molecular weight excluding hydrogens is 358 g/mol. The van der Waals surface area contributed by atoms with E-state index < -0.39 is 5.91 Å². The molecule has 1 heterocycles. The second-order valence-electron chi connectivity index (χ2n) is 6.84. The van der Waals surface area contributed by atoms with E-state index in [1.165, 1.54) is 11.6 Å². The number of benzene rings is 2. The highest BCUT2D eigenvalue weighted by Crippen LogP contribution is 2.32. The molecule has 1 aliphatic rings. The molecule has 7 nitrogen and oxygen atoms in total. The van der Waals surface area contributed by atoms with Crippen LogP contribution in [0.4, 0.5) is 5.69 Å². The summed E-state index contributed by atoms with van der Waals surface area (Å²) < 4.78 is 0. The number of non-ortho nitro benzene ring substituents is 1. The highest BCUT2D eigenvalue weighted by atomic mass is 16.6. The normalized spacial score (nSPS) is 17.1. The summed E-state index contributed by atoms with van der Waals surface area (Å²) >= 11 is 0. The van der Waals surface area contributed by atoms with Crippen LogP contribution < -0.4 is 5.48 Å². The maximum atomic E-state index is 11.1. The monoisotopic (exact) mass is 381 g/mol. The molecule has 0 aromatic heterocycles. The van der Waals surface area contributed by atoms with Crippen molar-refractivity contribution in [3.8, 4) is 0 Å². The topological polar surface area (TPSA) is 95.7 Å². The van der Waals surface area contributed by atoms with Gasteiger partial charge in [-0.25, -0.2) is 5.48 Å². The molecule has 0 saturated carbocycles. The highest BCUT2D eigenvalue weighted by Gasteiger charge is 2.25. The van der Waals surface area contributed by atoms with E-state index in [0.29, 0.717) is 6.04 Å². The van der Waals surface area contributed by atoms with Gasteiger partial charge in [-0.05, 0) is 48.6 Å². The van der Waals surface area contributed by atoms with Gasteiger partial charge in [0.15, 0.2) is 0 Å². The van der Waals surface area contributed by atoms with Crippen LogP contribution in [0.1, 0.15) is 35.6 Å². The molecule has 1 unspecified atom stereocenters. The number of likely N-dealkylation sites (tertiary alicyclic amines) is 1. The molecular formula is C21H23N3O4. The predicted molar refractivity (Wildman–Crippen MR) is 106 cm³/mol. The zero-order valence-corrected chi connectivity index (χ0v) is 15.5. The van der Waals surface area contributed by atoms with Gasteiger partial charge in [-0.2, -0.15) is 0 Å². The van der Waals surface area contributed by atoms with Crippen molar-refractivity contribution in [2.24, 2.45) is 0 Å². The Morgan fingerprint density at radius 2 is 1.93 bits per heavy atom. The smallest absolute Gasteiger partial charge is 0.269 e. The Hall–Kier alpha value is -3.03. The number of amides is 1. The van der Waals surface area contributed by atoms with Gasteiger partial charge >= 0.3 is 0 Å². The van der Waals surface area contributed by atoms with Crippen molar-refractivity contribution >= 4 is 17.7 Å². The zero-order valence-electron chi connectivity index (χ0n) is 15.5. The number of nitrogens with zero attached hydrogens (tertiary/aromatic N) is 2. The summed E-state index contributed by atoms with van der Waals surface area (Å²) in [4.78, 5) is 23.9. The Balaban J connectivity index is 1.60. The summed E-state index contributed by atoms with van der Waals surface area (Å²) in [6, 6.07) is 15.2. The van der Waals surface area contributed by atoms with Crippen LogP contribution in [0.25, 0.3) is 6.08 Å². The van der Waals surface area contributed by atoms with Crippen molar-refractivity contribution in [1.82, 2.24) is 10.4 Å². The fourth-order valence-electron chi connectivity index (χ4n) is 3.57. The number of hydroxylamine groups is 1. The summed E-state index contributed by atoms with van der Waals surface area (Å²) in [5.74, 6) is -0.558. The quantitative estimate of drug-likeness (QED) is 0.331. The fraction of sp³-hybridized carbons (Fsp3) is 0.286. The van der Waals surface area contributed by atoms with Gasteiger partial charge in [0.2, 0.25) is 0 Å². The molecule has 0 bridgehead atoms. The van der Waals surface area contributed by atoms with Gasteiger partial charge in [-0.15, -0.1) is 0 Å². The molecule has 1 saturated heterocycles. The molecule has 2 N–H and O–H groups in total. The first-order valence-corrected chi connectivity index (χ1v) is 9.26. The van der Waals surface area contributed by atoms with Crippen molar-refractivity contribution in [3.63, 3.8) is 0 Å². The van der Waals surface area contributed by atoms with E-state index in [2.05, 4.69) is 17.0 Å². The summed E-state index contributed by atoms with van der Waals surface area (Å²) in [6.45, 7) is 1.94. The molecule has 0 spiro atoms. The highest BCUT2D eigenvalue weighted by molar-refractivity contribution is 5.90. The van der Waals surface area contributed by atoms with Gasteiger partial charge in [0.1, 0.15) is 0 Å². The number of nitro benzene ring substituents is 1. The van der Waals surface area contributed by atoms with Crippen molar-refractivity contribution < 1.29 is 14.9 Å². The third-order valence-corrected chi connectivity index (χ3v) is 5.06. The lowest BCUT2D eigenvalue weighted by atomic mass is 10.0. The van der Waals surface area contributed by atoms with Gasteiger partial charge in [0.25, 0.3) is 11.6 Å². The molecule has 0 radical (unpaired) electrons. The first kappa shape index (κ1) is 19.7. The van der Waals surface area contributed by atoms with Crippen LogP contribution in [0.15, 0.2) is 54.6 Å². The van der Waals surface area contributed by atoms with E-state index >= 15 is 0 Å². The first-order valence-electron chi connectivity index (χ1n) is 9.26. The van der Waals surface area contributed by atoms with Crippen molar-refractivity contribution in [2.75, 3.05) is 13.1 Å². The number of nitro groups is 1.